The first-order valence-electron chi connectivity index (χ1n) is 8.52. The van der Waals surface area contributed by atoms with Gasteiger partial charge in [-0.3, -0.25) is 9.59 Å². The summed E-state index contributed by atoms with van der Waals surface area (Å²) in [5.74, 6) is -0.616. The summed E-state index contributed by atoms with van der Waals surface area (Å²) in [7, 11) is -1.14. The Balaban J connectivity index is 1.83. The van der Waals surface area contributed by atoms with Crippen molar-refractivity contribution in [3.63, 3.8) is 0 Å². The molecule has 0 unspecified atom stereocenters. The van der Waals surface area contributed by atoms with Gasteiger partial charge >= 0.3 is 5.97 Å². The van der Waals surface area contributed by atoms with Gasteiger partial charge in [-0.25, -0.2) is 8.42 Å². The molecule has 1 aliphatic carbocycles. The van der Waals surface area contributed by atoms with Crippen molar-refractivity contribution in [1.82, 2.24) is 10.0 Å². The molecule has 0 spiro atoms. The molecule has 2 N–H and O–H groups in total. The summed E-state index contributed by atoms with van der Waals surface area (Å²) in [5.41, 5.74) is 0. The number of amides is 1. The smallest absolute Gasteiger partial charge is 0.321 e. The van der Waals surface area contributed by atoms with Crippen LogP contribution >= 0.6 is 0 Å². The molecular weight excluding hydrogens is 376 g/mol. The number of methoxy groups -OCH3 is 2. The summed E-state index contributed by atoms with van der Waals surface area (Å²) in [5, 5.41) is 2.78. The van der Waals surface area contributed by atoms with Crippen molar-refractivity contribution in [2.24, 2.45) is 0 Å². The van der Waals surface area contributed by atoms with Crippen molar-refractivity contribution in [1.29, 1.82) is 0 Å². The molecule has 150 valence electrons. The normalized spacial score (nSPS) is 14.6. The Morgan fingerprint density at radius 1 is 1.11 bits per heavy atom. The van der Waals surface area contributed by atoms with Gasteiger partial charge < -0.3 is 19.5 Å². The maximum atomic E-state index is 12.3. The van der Waals surface area contributed by atoms with Gasteiger partial charge in [-0.15, -0.1) is 0 Å². The third-order valence-corrected chi connectivity index (χ3v) is 5.56. The van der Waals surface area contributed by atoms with Crippen LogP contribution in [0.2, 0.25) is 0 Å². The highest BCUT2D eigenvalue weighted by atomic mass is 32.2. The fourth-order valence-corrected chi connectivity index (χ4v) is 3.74. The molecule has 0 heterocycles. The van der Waals surface area contributed by atoms with Crippen LogP contribution in [0, 0.1) is 0 Å². The van der Waals surface area contributed by atoms with Gasteiger partial charge in [-0.2, -0.15) is 4.72 Å². The number of ether oxygens (including phenoxy) is 3. The minimum absolute atomic E-state index is 0.0908. The lowest BCUT2D eigenvalue weighted by atomic mass is 10.2. The van der Waals surface area contributed by atoms with Crippen molar-refractivity contribution in [3.05, 3.63) is 18.2 Å². The quantitative estimate of drug-likeness (QED) is 0.582. The van der Waals surface area contributed by atoms with E-state index >= 15 is 0 Å². The monoisotopic (exact) mass is 400 g/mol. The molecule has 9 nitrogen and oxygen atoms in total. The minimum atomic E-state index is -3.96. The molecule has 0 saturated heterocycles. The van der Waals surface area contributed by atoms with Crippen LogP contribution in [0.1, 0.15) is 25.7 Å². The largest absolute Gasteiger partial charge is 0.493 e. The molecule has 1 aromatic rings. The molecule has 0 atom stereocenters. The summed E-state index contributed by atoms with van der Waals surface area (Å²) in [4.78, 5) is 23.3. The summed E-state index contributed by atoms with van der Waals surface area (Å²) >= 11 is 0. The second-order valence-corrected chi connectivity index (χ2v) is 7.82. The van der Waals surface area contributed by atoms with E-state index in [1.165, 1.54) is 32.4 Å². The number of benzene rings is 1. The number of carbonyl (C=O) groups is 2. The number of rotatable bonds is 9. The van der Waals surface area contributed by atoms with Crippen molar-refractivity contribution in [2.45, 2.75) is 36.6 Å². The number of carbonyl (C=O) groups excluding carboxylic acids is 2. The first-order valence-corrected chi connectivity index (χ1v) is 10.0. The molecule has 27 heavy (non-hydrogen) atoms. The lowest BCUT2D eigenvalue weighted by Gasteiger charge is -2.12. The van der Waals surface area contributed by atoms with E-state index in [-0.39, 0.29) is 16.7 Å². The highest BCUT2D eigenvalue weighted by molar-refractivity contribution is 7.89. The molecule has 2 rings (SSSR count). The van der Waals surface area contributed by atoms with Crippen LogP contribution in [-0.4, -0.2) is 53.7 Å². The predicted molar refractivity (Wildman–Crippen MR) is 96.1 cm³/mol. The second kappa shape index (κ2) is 9.56. The Morgan fingerprint density at radius 3 is 2.41 bits per heavy atom. The molecule has 0 radical (unpaired) electrons. The Morgan fingerprint density at radius 2 is 1.78 bits per heavy atom. The fraction of sp³-hybridized carbons (Fsp3) is 0.529. The van der Waals surface area contributed by atoms with Gasteiger partial charge in [-0.05, 0) is 25.0 Å². The molecule has 1 aliphatic rings. The molecule has 1 amide bonds. The Labute approximate surface area is 158 Å². The van der Waals surface area contributed by atoms with E-state index in [1.807, 2.05) is 0 Å². The van der Waals surface area contributed by atoms with Crippen molar-refractivity contribution >= 4 is 21.9 Å². The van der Waals surface area contributed by atoms with Gasteiger partial charge in [0.2, 0.25) is 10.0 Å². The number of hydrogen-bond acceptors (Lipinski definition) is 7. The van der Waals surface area contributed by atoms with Gasteiger partial charge in [0.1, 0.15) is 6.54 Å². The Bertz CT molecular complexity index is 773. The van der Waals surface area contributed by atoms with Crippen LogP contribution in [0.3, 0.4) is 0 Å². The van der Waals surface area contributed by atoms with E-state index in [0.717, 1.165) is 25.7 Å². The lowest BCUT2D eigenvalue weighted by Crippen LogP contribution is -2.37. The van der Waals surface area contributed by atoms with Crippen LogP contribution in [0.4, 0.5) is 0 Å². The van der Waals surface area contributed by atoms with E-state index < -0.39 is 35.1 Å². The second-order valence-electron chi connectivity index (χ2n) is 6.05. The van der Waals surface area contributed by atoms with Gasteiger partial charge in [0.25, 0.3) is 5.91 Å². The SMILES string of the molecule is COc1ccc(S(=O)(=O)NCC(=O)OCC(=O)NC2CCCC2)cc1OC. The number of sulfonamides is 1. The summed E-state index contributed by atoms with van der Waals surface area (Å²) in [6, 6.07) is 4.17. The molecule has 1 aromatic carbocycles. The standard InChI is InChI=1S/C17H24N2O7S/c1-24-14-8-7-13(9-15(14)25-2)27(22,23)18-10-17(21)26-11-16(20)19-12-5-3-4-6-12/h7-9,12,18H,3-6,10-11H2,1-2H3,(H,19,20). The zero-order valence-corrected chi connectivity index (χ0v) is 16.1. The Hall–Kier alpha value is -2.33. The Kier molecular flexibility index (Phi) is 7.43. The van der Waals surface area contributed by atoms with Crippen LogP contribution in [-0.2, 0) is 24.3 Å². The maximum Gasteiger partial charge on any atom is 0.321 e. The van der Waals surface area contributed by atoms with Crippen molar-refractivity contribution in [2.75, 3.05) is 27.4 Å². The van der Waals surface area contributed by atoms with E-state index in [2.05, 4.69) is 10.0 Å². The van der Waals surface area contributed by atoms with E-state index in [0.29, 0.717) is 5.75 Å². The predicted octanol–water partition coefficient (Wildman–Crippen LogP) is 0.584. The topological polar surface area (TPSA) is 120 Å². The third-order valence-electron chi connectivity index (χ3n) is 4.16. The lowest BCUT2D eigenvalue weighted by molar-refractivity contribution is -0.147. The van der Waals surface area contributed by atoms with Crippen molar-refractivity contribution < 1.29 is 32.2 Å². The van der Waals surface area contributed by atoms with Gasteiger partial charge in [0.05, 0.1) is 19.1 Å². The molecule has 1 fully saturated rings. The number of nitrogens with one attached hydrogen (secondary N) is 2. The zero-order chi connectivity index (χ0) is 19.9. The van der Waals surface area contributed by atoms with Crippen LogP contribution in [0.5, 0.6) is 11.5 Å². The summed E-state index contributed by atoms with van der Waals surface area (Å²) in [6.45, 7) is -1.03. The zero-order valence-electron chi connectivity index (χ0n) is 15.3. The first-order chi connectivity index (χ1) is 12.9. The average Bonchev–Trinajstić information content (AvgIpc) is 3.17. The highest BCUT2D eigenvalue weighted by Gasteiger charge is 2.20. The van der Waals surface area contributed by atoms with Crippen LogP contribution in [0.25, 0.3) is 0 Å². The third kappa shape index (κ3) is 6.10. The molecule has 10 heteroatoms. The van der Waals surface area contributed by atoms with E-state index in [1.54, 1.807) is 0 Å². The van der Waals surface area contributed by atoms with Crippen molar-refractivity contribution in [3.8, 4) is 11.5 Å². The first kappa shape index (κ1) is 21.0. The summed E-state index contributed by atoms with van der Waals surface area (Å²) < 4.78 is 41.6. The average molecular weight is 400 g/mol. The molecule has 1 saturated carbocycles. The molecular formula is C17H24N2O7S. The van der Waals surface area contributed by atoms with E-state index in [4.69, 9.17) is 14.2 Å². The number of esters is 1. The molecule has 0 aliphatic heterocycles. The van der Waals surface area contributed by atoms with Gasteiger partial charge in [-0.1, -0.05) is 12.8 Å². The number of hydrogen-bond donors (Lipinski definition) is 2. The maximum absolute atomic E-state index is 12.3. The molecule has 0 bridgehead atoms. The highest BCUT2D eigenvalue weighted by Crippen LogP contribution is 2.29. The fourth-order valence-electron chi connectivity index (χ4n) is 2.76. The van der Waals surface area contributed by atoms with E-state index in [9.17, 15) is 18.0 Å². The van der Waals surface area contributed by atoms with Gasteiger partial charge in [0.15, 0.2) is 18.1 Å². The van der Waals surface area contributed by atoms with Gasteiger partial charge in [0, 0.05) is 12.1 Å². The molecule has 0 aromatic heterocycles. The summed E-state index contributed by atoms with van der Waals surface area (Å²) in [6.07, 6.45) is 3.99. The minimum Gasteiger partial charge on any atom is -0.493 e. The van der Waals surface area contributed by atoms with Crippen LogP contribution in [0.15, 0.2) is 23.1 Å². The van der Waals surface area contributed by atoms with Crippen LogP contribution < -0.4 is 19.5 Å².